The van der Waals surface area contributed by atoms with Gasteiger partial charge in [-0.15, -0.1) is 0 Å². The molecule has 0 heterocycles. The van der Waals surface area contributed by atoms with Crippen LogP contribution < -0.4 is 9.62 Å². The van der Waals surface area contributed by atoms with Gasteiger partial charge in [-0.3, -0.25) is 13.9 Å². The Balaban J connectivity index is 2.04. The molecule has 3 aromatic carbocycles. The molecule has 3 aromatic rings. The van der Waals surface area contributed by atoms with Crippen LogP contribution in [-0.2, 0) is 26.2 Å². The molecule has 3 rings (SSSR count). The van der Waals surface area contributed by atoms with E-state index >= 15 is 0 Å². The molecule has 0 aliphatic heterocycles. The first kappa shape index (κ1) is 30.2. The topological polar surface area (TPSA) is 86.8 Å². The van der Waals surface area contributed by atoms with Crippen LogP contribution in [-0.4, -0.2) is 44.3 Å². The van der Waals surface area contributed by atoms with Gasteiger partial charge in [-0.25, -0.2) is 8.42 Å². The highest BCUT2D eigenvalue weighted by molar-refractivity contribution is 7.92. The van der Waals surface area contributed by atoms with E-state index in [1.54, 1.807) is 61.5 Å². The number of nitrogens with zero attached hydrogens (tertiary/aromatic N) is 2. The minimum absolute atomic E-state index is 0.0607. The minimum Gasteiger partial charge on any atom is -0.354 e. The third-order valence-electron chi connectivity index (χ3n) is 6.51. The smallest absolute Gasteiger partial charge is 0.264 e. The van der Waals surface area contributed by atoms with E-state index < -0.39 is 28.5 Å². The first-order chi connectivity index (χ1) is 18.7. The number of amides is 2. The predicted octanol–water partition coefficient (Wildman–Crippen LogP) is 5.57. The fourth-order valence-electron chi connectivity index (χ4n) is 4.31. The molecule has 2 amide bonds. The minimum atomic E-state index is -4.10. The van der Waals surface area contributed by atoms with Crippen molar-refractivity contribution in [1.29, 1.82) is 0 Å². The fraction of sp³-hybridized carbons (Fsp3) is 0.333. The second kappa shape index (κ2) is 14.1. The van der Waals surface area contributed by atoms with Gasteiger partial charge in [0.1, 0.15) is 12.6 Å². The van der Waals surface area contributed by atoms with Gasteiger partial charge in [-0.05, 0) is 55.2 Å². The lowest BCUT2D eigenvalue weighted by atomic mass is 10.1. The Morgan fingerprint density at radius 3 is 2.21 bits per heavy atom. The number of benzene rings is 3. The van der Waals surface area contributed by atoms with Crippen LogP contribution in [0.2, 0.25) is 5.02 Å². The summed E-state index contributed by atoms with van der Waals surface area (Å²) in [6.07, 6.45) is 2.09. The van der Waals surface area contributed by atoms with Gasteiger partial charge in [0, 0.05) is 18.1 Å². The molecule has 0 spiro atoms. The maximum Gasteiger partial charge on any atom is 0.264 e. The number of rotatable bonds is 13. The molecule has 0 saturated carbocycles. The molecule has 9 heteroatoms. The van der Waals surface area contributed by atoms with Crippen molar-refractivity contribution in [2.24, 2.45) is 0 Å². The van der Waals surface area contributed by atoms with Gasteiger partial charge in [0.25, 0.3) is 10.0 Å². The number of carbonyl (C=O) groups is 2. The summed E-state index contributed by atoms with van der Waals surface area (Å²) in [5, 5.41) is 3.39. The molecule has 0 aliphatic carbocycles. The summed E-state index contributed by atoms with van der Waals surface area (Å²) in [7, 11) is -4.10. The number of para-hydroxylation sites is 1. The second-order valence-corrected chi connectivity index (χ2v) is 11.6. The zero-order valence-corrected chi connectivity index (χ0v) is 24.2. The van der Waals surface area contributed by atoms with Crippen molar-refractivity contribution in [1.82, 2.24) is 10.2 Å². The molecule has 0 bridgehead atoms. The molecule has 0 aliphatic rings. The average Bonchev–Trinajstić information content (AvgIpc) is 2.93. The number of nitrogens with one attached hydrogen (secondary N) is 1. The number of halogens is 1. The molecule has 0 unspecified atom stereocenters. The summed E-state index contributed by atoms with van der Waals surface area (Å²) >= 11 is 6.43. The molecule has 39 heavy (non-hydrogen) atoms. The van der Waals surface area contributed by atoms with E-state index in [2.05, 4.69) is 5.32 Å². The summed E-state index contributed by atoms with van der Waals surface area (Å²) in [6, 6.07) is 21.4. The van der Waals surface area contributed by atoms with Crippen LogP contribution in [0.1, 0.15) is 44.2 Å². The number of hydrogen-bond donors (Lipinski definition) is 1. The van der Waals surface area contributed by atoms with Gasteiger partial charge in [0.05, 0.1) is 10.6 Å². The predicted molar refractivity (Wildman–Crippen MR) is 156 cm³/mol. The maximum absolute atomic E-state index is 14.1. The first-order valence-electron chi connectivity index (χ1n) is 13.1. The molecule has 1 atom stereocenters. The van der Waals surface area contributed by atoms with Crippen molar-refractivity contribution in [3.05, 3.63) is 95.0 Å². The van der Waals surface area contributed by atoms with Crippen molar-refractivity contribution in [2.45, 2.75) is 57.5 Å². The molecule has 208 valence electrons. The number of unbranched alkanes of at least 4 members (excludes halogenated alkanes) is 1. The van der Waals surface area contributed by atoms with Crippen LogP contribution in [0.25, 0.3) is 0 Å². The van der Waals surface area contributed by atoms with Crippen LogP contribution in [0.3, 0.4) is 0 Å². The third-order valence-corrected chi connectivity index (χ3v) is 8.65. The summed E-state index contributed by atoms with van der Waals surface area (Å²) in [5.74, 6) is -0.783. The zero-order valence-electron chi connectivity index (χ0n) is 22.6. The largest absolute Gasteiger partial charge is 0.354 e. The Morgan fingerprint density at radius 1 is 0.923 bits per heavy atom. The first-order valence-corrected chi connectivity index (χ1v) is 15.0. The number of anilines is 1. The molecule has 7 nitrogen and oxygen atoms in total. The molecule has 1 N–H and O–H groups in total. The van der Waals surface area contributed by atoms with E-state index in [1.165, 1.54) is 17.0 Å². The molecule has 0 saturated heterocycles. The highest BCUT2D eigenvalue weighted by atomic mass is 35.5. The zero-order chi connectivity index (χ0) is 28.4. The van der Waals surface area contributed by atoms with Crippen LogP contribution in [0.4, 0.5) is 5.69 Å². The Morgan fingerprint density at radius 2 is 1.56 bits per heavy atom. The van der Waals surface area contributed by atoms with Gasteiger partial charge < -0.3 is 10.2 Å². The van der Waals surface area contributed by atoms with Crippen molar-refractivity contribution >= 4 is 39.1 Å². The van der Waals surface area contributed by atoms with Gasteiger partial charge in [-0.1, -0.05) is 86.5 Å². The van der Waals surface area contributed by atoms with E-state index in [1.807, 2.05) is 26.0 Å². The van der Waals surface area contributed by atoms with E-state index in [0.29, 0.717) is 34.8 Å². The van der Waals surface area contributed by atoms with Crippen LogP contribution in [0.15, 0.2) is 83.8 Å². The van der Waals surface area contributed by atoms with E-state index in [9.17, 15) is 18.0 Å². The van der Waals surface area contributed by atoms with E-state index in [0.717, 1.165) is 17.1 Å². The van der Waals surface area contributed by atoms with Crippen molar-refractivity contribution in [3.8, 4) is 0 Å². The maximum atomic E-state index is 14.1. The lowest BCUT2D eigenvalue weighted by Crippen LogP contribution is -2.52. The summed E-state index contributed by atoms with van der Waals surface area (Å²) in [4.78, 5) is 28.8. The second-order valence-electron chi connectivity index (χ2n) is 9.29. The molecular formula is C30H36ClN3O4S. The molecule has 0 radical (unpaired) electrons. The monoisotopic (exact) mass is 569 g/mol. The summed E-state index contributed by atoms with van der Waals surface area (Å²) < 4.78 is 28.8. The quantitative estimate of drug-likeness (QED) is 0.273. The highest BCUT2D eigenvalue weighted by Gasteiger charge is 2.34. The standard InChI is InChI=1S/C30H36ClN3O4S/c1-4-6-20-32-30(36)27(5-2)33(21-24-15-11-12-18-26(24)31)29(35)22-34(28-19-13-10-14-23(28)3)39(37,38)25-16-8-7-9-17-25/h7-19,27H,4-6,20-22H2,1-3H3,(H,32,36)/t27-/m1/s1. The van der Waals surface area contributed by atoms with Gasteiger partial charge in [-0.2, -0.15) is 0 Å². The fourth-order valence-corrected chi connectivity index (χ4v) is 6.01. The van der Waals surface area contributed by atoms with E-state index in [4.69, 9.17) is 11.6 Å². The van der Waals surface area contributed by atoms with Crippen LogP contribution in [0.5, 0.6) is 0 Å². The molecule has 0 fully saturated rings. The molecular weight excluding hydrogens is 534 g/mol. The SMILES string of the molecule is CCCCNC(=O)[C@@H](CC)N(Cc1ccccc1Cl)C(=O)CN(c1ccccc1C)S(=O)(=O)c1ccccc1. The van der Waals surface area contributed by atoms with Gasteiger partial charge >= 0.3 is 0 Å². The number of aryl methyl sites for hydroxylation is 1. The Kier molecular flexibility index (Phi) is 10.9. The average molecular weight is 570 g/mol. The van der Waals surface area contributed by atoms with Crippen molar-refractivity contribution in [2.75, 3.05) is 17.4 Å². The number of carbonyl (C=O) groups excluding carboxylic acids is 2. The Labute approximate surface area is 236 Å². The number of sulfonamides is 1. The van der Waals surface area contributed by atoms with Crippen molar-refractivity contribution < 1.29 is 18.0 Å². The summed E-state index contributed by atoms with van der Waals surface area (Å²) in [6.45, 7) is 5.74. The van der Waals surface area contributed by atoms with Crippen LogP contribution in [0, 0.1) is 6.92 Å². The highest BCUT2D eigenvalue weighted by Crippen LogP contribution is 2.28. The number of hydrogen-bond acceptors (Lipinski definition) is 4. The van der Waals surface area contributed by atoms with Gasteiger partial charge in [0.15, 0.2) is 0 Å². The lowest BCUT2D eigenvalue weighted by Gasteiger charge is -2.33. The third kappa shape index (κ3) is 7.61. The lowest BCUT2D eigenvalue weighted by molar-refractivity contribution is -0.140. The molecule has 0 aromatic heterocycles. The summed E-state index contributed by atoms with van der Waals surface area (Å²) in [5.41, 5.74) is 1.76. The van der Waals surface area contributed by atoms with Crippen LogP contribution >= 0.6 is 11.6 Å². The Hall–Kier alpha value is -3.36. The van der Waals surface area contributed by atoms with E-state index in [-0.39, 0.29) is 17.3 Å². The normalized spacial score (nSPS) is 12.0. The van der Waals surface area contributed by atoms with Gasteiger partial charge in [0.2, 0.25) is 11.8 Å². The Bertz CT molecular complexity index is 1370. The van der Waals surface area contributed by atoms with Crippen molar-refractivity contribution in [3.63, 3.8) is 0 Å².